The maximum absolute atomic E-state index is 14.0. The van der Waals surface area contributed by atoms with Gasteiger partial charge in [0.1, 0.15) is 10.1 Å². The molecule has 33 heavy (non-hydrogen) atoms. The van der Waals surface area contributed by atoms with E-state index in [1.807, 2.05) is 34.9 Å². The lowest BCUT2D eigenvalue weighted by Crippen LogP contribution is -2.31. The fraction of sp³-hybridized carbons (Fsp3) is 0.500. The average Bonchev–Trinajstić information content (AvgIpc) is 3.32. The summed E-state index contributed by atoms with van der Waals surface area (Å²) in [5.41, 5.74) is 2.31. The minimum absolute atomic E-state index is 0.0199. The van der Waals surface area contributed by atoms with Crippen LogP contribution >= 0.6 is 23.1 Å². The molecule has 6 rings (SSSR count). The van der Waals surface area contributed by atoms with Crippen molar-refractivity contribution >= 4 is 39.2 Å². The number of rotatable bonds is 6. The van der Waals surface area contributed by atoms with E-state index < -0.39 is 5.25 Å². The molecule has 1 unspecified atom stereocenters. The Morgan fingerprint density at radius 1 is 1.06 bits per heavy atom. The summed E-state index contributed by atoms with van der Waals surface area (Å²) in [7, 11) is 0. The molecule has 2 aromatic heterocycles. The molecule has 2 saturated carbocycles. The Hall–Kier alpha value is -2.12. The van der Waals surface area contributed by atoms with Crippen molar-refractivity contribution in [1.29, 1.82) is 0 Å². The highest BCUT2D eigenvalue weighted by Gasteiger charge is 2.32. The smallest absolute Gasteiger partial charge is 0.263 e. The van der Waals surface area contributed by atoms with Crippen molar-refractivity contribution < 1.29 is 4.79 Å². The third kappa shape index (κ3) is 4.14. The number of aryl methyl sites for hydroxylation is 2. The molecule has 0 spiro atoms. The van der Waals surface area contributed by atoms with E-state index in [0.717, 1.165) is 73.6 Å². The van der Waals surface area contributed by atoms with Crippen molar-refractivity contribution in [1.82, 2.24) is 14.9 Å². The Kier molecular flexibility index (Phi) is 5.78. The quantitative estimate of drug-likeness (QED) is 0.371. The van der Waals surface area contributed by atoms with Crippen LogP contribution in [0.4, 0.5) is 0 Å². The van der Waals surface area contributed by atoms with Crippen molar-refractivity contribution in [2.45, 2.75) is 86.7 Å². The van der Waals surface area contributed by atoms with Crippen molar-refractivity contribution in [2.24, 2.45) is 0 Å². The Labute approximate surface area is 202 Å². The number of aromatic nitrogens is 2. The highest BCUT2D eigenvalue weighted by molar-refractivity contribution is 8.00. The first-order chi connectivity index (χ1) is 16.2. The van der Waals surface area contributed by atoms with Crippen LogP contribution in [-0.2, 0) is 17.6 Å². The van der Waals surface area contributed by atoms with Crippen molar-refractivity contribution in [2.75, 3.05) is 0 Å². The topological polar surface area (TPSA) is 64.0 Å². The zero-order valence-electron chi connectivity index (χ0n) is 18.7. The normalized spacial score (nSPS) is 19.5. The molecule has 1 atom stereocenters. The molecule has 3 aromatic rings. The van der Waals surface area contributed by atoms with Gasteiger partial charge < -0.3 is 5.32 Å². The predicted molar refractivity (Wildman–Crippen MR) is 134 cm³/mol. The lowest BCUT2D eigenvalue weighted by molar-refractivity contribution is -0.120. The zero-order chi connectivity index (χ0) is 22.4. The predicted octanol–water partition coefficient (Wildman–Crippen LogP) is 5.56. The van der Waals surface area contributed by atoms with E-state index in [2.05, 4.69) is 5.32 Å². The van der Waals surface area contributed by atoms with Crippen LogP contribution in [0.2, 0.25) is 0 Å². The van der Waals surface area contributed by atoms with Gasteiger partial charge in [-0.2, -0.15) is 0 Å². The second-order valence-corrected chi connectivity index (χ2v) is 11.7. The number of hydrogen-bond donors (Lipinski definition) is 1. The molecule has 3 aliphatic carbocycles. The number of carbonyl (C=O) groups is 1. The van der Waals surface area contributed by atoms with Gasteiger partial charge in [-0.15, -0.1) is 11.3 Å². The lowest BCUT2D eigenvalue weighted by atomic mass is 9.97. The van der Waals surface area contributed by atoms with Gasteiger partial charge in [0.25, 0.3) is 5.56 Å². The number of nitrogens with one attached hydrogen (secondary N) is 1. The summed E-state index contributed by atoms with van der Waals surface area (Å²) in [5, 5.41) is 4.32. The maximum atomic E-state index is 14.0. The standard InChI is InChI=1S/C26H29N3O2S2/c30-23(27-17-14-15-17)22(16-8-2-1-3-9-16)33-26-28-24-21(19-12-6-7-13-20(19)32-24)25(31)29(26)18-10-4-5-11-18/h1-3,8-9,17-18,22H,4-7,10-15H2,(H,27,30). The van der Waals surface area contributed by atoms with E-state index in [1.165, 1.54) is 28.6 Å². The van der Waals surface area contributed by atoms with Crippen LogP contribution in [0.3, 0.4) is 0 Å². The number of carbonyl (C=O) groups excluding carboxylic acids is 1. The van der Waals surface area contributed by atoms with E-state index in [4.69, 9.17) is 4.98 Å². The highest BCUT2D eigenvalue weighted by Crippen LogP contribution is 2.41. The van der Waals surface area contributed by atoms with Crippen molar-refractivity contribution in [3.05, 3.63) is 56.7 Å². The summed E-state index contributed by atoms with van der Waals surface area (Å²) in [5.74, 6) is 0.0199. The van der Waals surface area contributed by atoms with Crippen molar-refractivity contribution in [3.63, 3.8) is 0 Å². The second kappa shape index (κ2) is 8.91. The molecule has 1 amide bonds. The summed E-state index contributed by atoms with van der Waals surface area (Å²) in [6.45, 7) is 0. The summed E-state index contributed by atoms with van der Waals surface area (Å²) in [4.78, 5) is 34.5. The van der Waals surface area contributed by atoms with Gasteiger partial charge in [-0.3, -0.25) is 14.2 Å². The Morgan fingerprint density at radius 2 is 1.82 bits per heavy atom. The number of amides is 1. The van der Waals surface area contributed by atoms with Gasteiger partial charge >= 0.3 is 0 Å². The molecular formula is C26H29N3O2S2. The molecule has 2 heterocycles. The fourth-order valence-corrected chi connectivity index (χ4v) is 7.76. The molecule has 3 aliphatic rings. The summed E-state index contributed by atoms with van der Waals surface area (Å²) in [6.07, 6.45) is 10.8. The molecule has 0 aliphatic heterocycles. The van der Waals surface area contributed by atoms with Gasteiger partial charge in [0, 0.05) is 17.0 Å². The average molecular weight is 480 g/mol. The van der Waals surface area contributed by atoms with Gasteiger partial charge in [-0.25, -0.2) is 4.98 Å². The Bertz CT molecular complexity index is 1240. The third-order valence-corrected chi connectivity index (χ3v) is 9.57. The van der Waals surface area contributed by atoms with Crippen LogP contribution in [0, 0.1) is 0 Å². The summed E-state index contributed by atoms with van der Waals surface area (Å²) in [6, 6.07) is 10.4. The molecule has 5 nitrogen and oxygen atoms in total. The van der Waals surface area contributed by atoms with E-state index >= 15 is 0 Å². The van der Waals surface area contributed by atoms with Gasteiger partial charge in [-0.1, -0.05) is 54.9 Å². The van der Waals surface area contributed by atoms with Crippen molar-refractivity contribution in [3.8, 4) is 0 Å². The Morgan fingerprint density at radius 3 is 2.58 bits per heavy atom. The Balaban J connectivity index is 1.47. The van der Waals surface area contributed by atoms with Crippen LogP contribution in [0.15, 0.2) is 40.3 Å². The molecule has 172 valence electrons. The van der Waals surface area contributed by atoms with Gasteiger partial charge in [0.2, 0.25) is 5.91 Å². The monoisotopic (exact) mass is 479 g/mol. The number of thioether (sulfide) groups is 1. The van der Waals surface area contributed by atoms with E-state index in [-0.39, 0.29) is 17.5 Å². The first-order valence-corrected chi connectivity index (χ1v) is 14.0. The first kappa shape index (κ1) is 21.4. The number of hydrogen-bond acceptors (Lipinski definition) is 5. The van der Waals surface area contributed by atoms with Crippen LogP contribution in [0.5, 0.6) is 0 Å². The third-order valence-electron chi connectivity index (χ3n) is 7.17. The van der Waals surface area contributed by atoms with Gasteiger partial charge in [0.15, 0.2) is 5.16 Å². The number of thiophene rings is 1. The molecule has 1 aromatic carbocycles. The van der Waals surface area contributed by atoms with E-state index in [0.29, 0.717) is 11.2 Å². The van der Waals surface area contributed by atoms with Crippen LogP contribution < -0.4 is 10.9 Å². The highest BCUT2D eigenvalue weighted by atomic mass is 32.2. The maximum Gasteiger partial charge on any atom is 0.263 e. The van der Waals surface area contributed by atoms with E-state index in [1.54, 1.807) is 11.3 Å². The second-order valence-electron chi connectivity index (χ2n) is 9.59. The molecule has 1 N–H and O–H groups in total. The SMILES string of the molecule is O=C(NC1CC1)C(Sc1nc2sc3c(c2c(=O)n1C1CCCC1)CCCC3)c1ccccc1. The molecule has 0 saturated heterocycles. The van der Waals surface area contributed by atoms with Gasteiger partial charge in [-0.05, 0) is 62.5 Å². The zero-order valence-corrected chi connectivity index (χ0v) is 20.4. The molecule has 0 bridgehead atoms. The molecular weight excluding hydrogens is 450 g/mol. The number of fused-ring (bicyclic) bond motifs is 3. The summed E-state index contributed by atoms with van der Waals surface area (Å²) >= 11 is 3.15. The van der Waals surface area contributed by atoms with Gasteiger partial charge in [0.05, 0.1) is 5.39 Å². The lowest BCUT2D eigenvalue weighted by Gasteiger charge is -2.22. The van der Waals surface area contributed by atoms with Crippen LogP contribution in [0.25, 0.3) is 10.2 Å². The van der Waals surface area contributed by atoms with Crippen LogP contribution in [-0.4, -0.2) is 21.5 Å². The minimum Gasteiger partial charge on any atom is -0.352 e. The number of nitrogens with zero attached hydrogens (tertiary/aromatic N) is 2. The van der Waals surface area contributed by atoms with Crippen LogP contribution in [0.1, 0.15) is 78.7 Å². The largest absolute Gasteiger partial charge is 0.352 e. The first-order valence-electron chi connectivity index (χ1n) is 12.3. The minimum atomic E-state index is -0.418. The molecule has 7 heteroatoms. The fourth-order valence-electron chi connectivity index (χ4n) is 5.28. The number of benzene rings is 1. The van der Waals surface area contributed by atoms with E-state index in [9.17, 15) is 9.59 Å². The summed E-state index contributed by atoms with van der Waals surface area (Å²) < 4.78 is 1.96. The molecule has 0 radical (unpaired) electrons. The molecule has 2 fully saturated rings.